The van der Waals surface area contributed by atoms with Gasteiger partial charge in [-0.15, -0.1) is 0 Å². The van der Waals surface area contributed by atoms with Gasteiger partial charge in [-0.3, -0.25) is 19.7 Å². The number of nitrogens with zero attached hydrogens (tertiary/aromatic N) is 2. The summed E-state index contributed by atoms with van der Waals surface area (Å²) >= 11 is 0. The molecule has 14 heteroatoms. The maximum absolute atomic E-state index is 12.5. The summed E-state index contributed by atoms with van der Waals surface area (Å²) in [6.07, 6.45) is 1.32. The molecule has 14 nitrogen and oxygen atoms in total. The molecule has 2 amide bonds. The van der Waals surface area contributed by atoms with Crippen molar-refractivity contribution in [1.82, 2.24) is 10.7 Å². The highest BCUT2D eigenvalue weighted by Crippen LogP contribution is 2.38. The highest BCUT2D eigenvalue weighted by Gasteiger charge is 2.18. The standard InChI is InChI=1S/C27H26N4O10/c1-37-21-11-16(5-10-20(21)41-27(34)17-6-8-19(9-7-17)31(35)36)14-29-30-24(32)15-28-26(33)18-12-22(38-2)25(40-4)23(13-18)39-3/h5-14H,15H2,1-4H3,(H,28,33)(H,30,32)/b29-14-. The molecule has 0 aliphatic heterocycles. The lowest BCUT2D eigenvalue weighted by molar-refractivity contribution is -0.384. The molecule has 0 spiro atoms. The van der Waals surface area contributed by atoms with Gasteiger partial charge < -0.3 is 29.0 Å². The molecule has 2 N–H and O–H groups in total. The first-order valence-electron chi connectivity index (χ1n) is 11.8. The van der Waals surface area contributed by atoms with Crippen LogP contribution in [0.4, 0.5) is 5.69 Å². The van der Waals surface area contributed by atoms with Crippen molar-refractivity contribution in [2.24, 2.45) is 5.10 Å². The number of hydrazone groups is 1. The highest BCUT2D eigenvalue weighted by atomic mass is 16.6. The molecule has 0 bridgehead atoms. The zero-order valence-corrected chi connectivity index (χ0v) is 22.5. The monoisotopic (exact) mass is 566 g/mol. The van der Waals surface area contributed by atoms with Gasteiger partial charge in [0.2, 0.25) is 5.75 Å². The molecule has 0 atom stereocenters. The van der Waals surface area contributed by atoms with Gasteiger partial charge in [-0.1, -0.05) is 0 Å². The molecular formula is C27H26N4O10. The highest BCUT2D eigenvalue weighted by molar-refractivity contribution is 5.97. The fraction of sp³-hybridized carbons (Fsp3) is 0.185. The lowest BCUT2D eigenvalue weighted by atomic mass is 10.1. The molecule has 41 heavy (non-hydrogen) atoms. The average molecular weight is 567 g/mol. The summed E-state index contributed by atoms with van der Waals surface area (Å²) in [7, 11) is 5.65. The third-order valence-electron chi connectivity index (χ3n) is 5.44. The number of hydrogen-bond acceptors (Lipinski definition) is 11. The lowest BCUT2D eigenvalue weighted by Gasteiger charge is -2.14. The molecular weight excluding hydrogens is 540 g/mol. The van der Waals surface area contributed by atoms with Crippen LogP contribution in [0.3, 0.4) is 0 Å². The Balaban J connectivity index is 1.57. The smallest absolute Gasteiger partial charge is 0.343 e. The van der Waals surface area contributed by atoms with E-state index in [0.29, 0.717) is 11.3 Å². The van der Waals surface area contributed by atoms with Crippen molar-refractivity contribution in [3.05, 3.63) is 81.4 Å². The summed E-state index contributed by atoms with van der Waals surface area (Å²) in [5, 5.41) is 17.1. The molecule has 0 heterocycles. The number of nitrogens with one attached hydrogen (secondary N) is 2. The van der Waals surface area contributed by atoms with Gasteiger partial charge in [0.15, 0.2) is 23.0 Å². The Morgan fingerprint density at radius 2 is 1.46 bits per heavy atom. The van der Waals surface area contributed by atoms with Crippen LogP contribution in [-0.2, 0) is 4.79 Å². The molecule has 0 saturated carbocycles. The molecule has 0 saturated heterocycles. The number of nitro benzene ring substituents is 1. The topological polar surface area (TPSA) is 177 Å². The van der Waals surface area contributed by atoms with E-state index in [4.69, 9.17) is 23.7 Å². The summed E-state index contributed by atoms with van der Waals surface area (Å²) in [6.45, 7) is -0.367. The van der Waals surface area contributed by atoms with Crippen molar-refractivity contribution in [2.75, 3.05) is 35.0 Å². The van der Waals surface area contributed by atoms with Gasteiger partial charge in [-0.25, -0.2) is 10.2 Å². The van der Waals surface area contributed by atoms with Gasteiger partial charge in [0.1, 0.15) is 0 Å². The normalized spacial score (nSPS) is 10.4. The minimum absolute atomic E-state index is 0.103. The Morgan fingerprint density at radius 1 is 0.829 bits per heavy atom. The van der Waals surface area contributed by atoms with Crippen molar-refractivity contribution in [2.45, 2.75) is 0 Å². The minimum Gasteiger partial charge on any atom is -0.493 e. The zero-order chi connectivity index (χ0) is 29.9. The van der Waals surface area contributed by atoms with Crippen molar-refractivity contribution in [3.8, 4) is 28.7 Å². The van der Waals surface area contributed by atoms with E-state index in [0.717, 1.165) is 0 Å². The second-order valence-electron chi connectivity index (χ2n) is 7.99. The summed E-state index contributed by atoms with van der Waals surface area (Å²) in [4.78, 5) is 47.3. The number of esters is 1. The van der Waals surface area contributed by atoms with E-state index in [1.54, 1.807) is 6.07 Å². The third kappa shape index (κ3) is 7.69. The van der Waals surface area contributed by atoms with E-state index in [1.807, 2.05) is 0 Å². The zero-order valence-electron chi connectivity index (χ0n) is 22.5. The largest absolute Gasteiger partial charge is 0.493 e. The van der Waals surface area contributed by atoms with Crippen LogP contribution in [0, 0.1) is 10.1 Å². The van der Waals surface area contributed by atoms with E-state index in [-0.39, 0.29) is 46.4 Å². The van der Waals surface area contributed by atoms with Crippen LogP contribution >= 0.6 is 0 Å². The Kier molecular flexibility index (Phi) is 10.2. The molecule has 0 aromatic heterocycles. The van der Waals surface area contributed by atoms with E-state index in [1.165, 1.54) is 83.2 Å². The first-order chi connectivity index (χ1) is 19.7. The van der Waals surface area contributed by atoms with E-state index in [2.05, 4.69) is 15.8 Å². The van der Waals surface area contributed by atoms with Crippen molar-refractivity contribution in [1.29, 1.82) is 0 Å². The molecule has 214 valence electrons. The third-order valence-corrected chi connectivity index (χ3v) is 5.44. The van der Waals surface area contributed by atoms with Gasteiger partial charge in [-0.05, 0) is 48.0 Å². The van der Waals surface area contributed by atoms with Crippen LogP contribution < -0.4 is 34.4 Å². The summed E-state index contributed by atoms with van der Waals surface area (Å²) in [6, 6.07) is 12.4. The number of rotatable bonds is 12. The number of hydrogen-bond donors (Lipinski definition) is 2. The second-order valence-corrected chi connectivity index (χ2v) is 7.99. The van der Waals surface area contributed by atoms with Gasteiger partial charge >= 0.3 is 5.97 Å². The van der Waals surface area contributed by atoms with Gasteiger partial charge in [0.05, 0.1) is 51.7 Å². The molecule has 0 unspecified atom stereocenters. The predicted octanol–water partition coefficient (Wildman–Crippen LogP) is 2.73. The molecule has 3 aromatic carbocycles. The molecule has 3 aromatic rings. The van der Waals surface area contributed by atoms with Crippen LogP contribution in [0.25, 0.3) is 0 Å². The SMILES string of the molecule is COc1cc(/C=N\NC(=O)CNC(=O)c2cc(OC)c(OC)c(OC)c2)ccc1OC(=O)c1ccc([N+](=O)[O-])cc1. The van der Waals surface area contributed by atoms with E-state index < -0.39 is 22.7 Å². The molecule has 0 radical (unpaired) electrons. The number of ether oxygens (including phenoxy) is 5. The predicted molar refractivity (Wildman–Crippen MR) is 145 cm³/mol. The lowest BCUT2D eigenvalue weighted by Crippen LogP contribution is -2.34. The van der Waals surface area contributed by atoms with E-state index in [9.17, 15) is 24.5 Å². The van der Waals surface area contributed by atoms with Crippen LogP contribution in [-0.4, -0.2) is 63.9 Å². The quantitative estimate of drug-likeness (QED) is 0.109. The average Bonchev–Trinajstić information content (AvgIpc) is 2.99. The van der Waals surface area contributed by atoms with Crippen LogP contribution in [0.2, 0.25) is 0 Å². The molecule has 0 fully saturated rings. The molecule has 0 aliphatic carbocycles. The Hall–Kier alpha value is -5.66. The Morgan fingerprint density at radius 3 is 2.02 bits per heavy atom. The fourth-order valence-corrected chi connectivity index (χ4v) is 3.42. The van der Waals surface area contributed by atoms with Gasteiger partial charge in [0, 0.05) is 17.7 Å². The van der Waals surface area contributed by atoms with Crippen molar-refractivity contribution in [3.63, 3.8) is 0 Å². The van der Waals surface area contributed by atoms with Crippen LogP contribution in [0.15, 0.2) is 59.7 Å². The number of non-ortho nitro benzene ring substituents is 1. The maximum atomic E-state index is 12.5. The second kappa shape index (κ2) is 13.9. The number of benzene rings is 3. The van der Waals surface area contributed by atoms with Crippen LogP contribution in [0.1, 0.15) is 26.3 Å². The first kappa shape index (κ1) is 29.9. The first-order valence-corrected chi connectivity index (χ1v) is 11.8. The fourth-order valence-electron chi connectivity index (χ4n) is 3.42. The van der Waals surface area contributed by atoms with Gasteiger partial charge in [-0.2, -0.15) is 5.10 Å². The summed E-state index contributed by atoms with van der Waals surface area (Å²) in [5.74, 6) is -0.678. The molecule has 0 aliphatic rings. The number of carbonyl (C=O) groups excluding carboxylic acids is 3. The number of amides is 2. The van der Waals surface area contributed by atoms with Crippen molar-refractivity contribution >= 4 is 29.7 Å². The Labute approximate surface area is 234 Å². The Bertz CT molecular complexity index is 1450. The van der Waals surface area contributed by atoms with Gasteiger partial charge in [0.25, 0.3) is 17.5 Å². The number of methoxy groups -OCH3 is 4. The van der Waals surface area contributed by atoms with Crippen LogP contribution in [0.5, 0.6) is 28.7 Å². The number of nitro groups is 1. The summed E-state index contributed by atoms with van der Waals surface area (Å²) < 4.78 is 26.3. The molecule has 3 rings (SSSR count). The van der Waals surface area contributed by atoms with E-state index >= 15 is 0 Å². The van der Waals surface area contributed by atoms with Crippen molar-refractivity contribution < 1.29 is 43.0 Å². The number of carbonyl (C=O) groups is 3. The maximum Gasteiger partial charge on any atom is 0.343 e. The summed E-state index contributed by atoms with van der Waals surface area (Å²) in [5.41, 5.74) is 2.94. The minimum atomic E-state index is -0.736.